The molecule has 6 nitrogen and oxygen atoms in total. The van der Waals surface area contributed by atoms with E-state index in [9.17, 15) is 0 Å². The zero-order valence-corrected chi connectivity index (χ0v) is 9.39. The molecule has 0 saturated carbocycles. The summed E-state index contributed by atoms with van der Waals surface area (Å²) in [5, 5.41) is 8.89. The molecule has 0 bridgehead atoms. The molecular formula is C2H6AsNaO6. The van der Waals surface area contributed by atoms with Gasteiger partial charge in [-0.25, -0.2) is 0 Å². The molecule has 0 aliphatic carbocycles. The quantitative estimate of drug-likeness (QED) is 0.352. The van der Waals surface area contributed by atoms with E-state index in [-0.39, 0.29) is 29.6 Å². The van der Waals surface area contributed by atoms with Crippen LogP contribution in [0, 0.1) is 0 Å². The second-order valence-corrected chi connectivity index (χ2v) is 3.16. The monoisotopic (exact) mass is 224 g/mol. The topological polar surface area (TPSA) is 118 Å². The average Bonchev–Trinajstić information content (AvgIpc) is 1.19. The van der Waals surface area contributed by atoms with Crippen molar-refractivity contribution in [3.63, 3.8) is 0 Å². The summed E-state index contributed by atoms with van der Waals surface area (Å²) in [6.45, 7) is 0.972. The Morgan fingerprint density at radius 2 is 1.40 bits per heavy atom. The molecule has 0 rings (SSSR count). The fourth-order valence-corrected chi connectivity index (χ4v) is 0. The van der Waals surface area contributed by atoms with Crippen LogP contribution >= 0.6 is 0 Å². The molecule has 0 heterocycles. The standard InChI is InChI=1S/C2H4O2.AsH3O4.Na/c1-2(3)4;2-1(3,4)5;/h1H3,(H,3,4);(H3,2,3,4,5);/q;;+1/p-1. The first-order valence-electron chi connectivity index (χ1n) is 1.69. The fraction of sp³-hybridized carbons (Fsp3) is 0.500. The summed E-state index contributed by atoms with van der Waals surface area (Å²) >= 11 is -5.12. The molecule has 0 saturated heterocycles. The predicted octanol–water partition coefficient (Wildman–Crippen LogP) is -6.41. The number of carboxylic acid groups (broad SMARTS) is 1. The molecule has 0 aromatic heterocycles. The van der Waals surface area contributed by atoms with Crippen molar-refractivity contribution >= 4 is 20.5 Å². The average molecular weight is 224 g/mol. The molecule has 0 radical (unpaired) electrons. The molecule has 3 N–H and O–H groups in total. The minimum absolute atomic E-state index is 0. The molecule has 10 heavy (non-hydrogen) atoms. The Morgan fingerprint density at radius 3 is 1.40 bits per heavy atom. The molecule has 0 amide bonds. The van der Waals surface area contributed by atoms with Gasteiger partial charge >= 0.3 is 60.1 Å². The van der Waals surface area contributed by atoms with E-state index in [1.807, 2.05) is 0 Å². The summed E-state index contributed by atoms with van der Waals surface area (Å²) in [4.78, 5) is 8.89. The van der Waals surface area contributed by atoms with E-state index in [2.05, 4.69) is 0 Å². The minimum Gasteiger partial charge on any atom is 1.00 e. The van der Waals surface area contributed by atoms with Crippen LogP contribution in [0.2, 0.25) is 0 Å². The first kappa shape index (κ1) is 17.0. The number of hydrogen-bond donors (Lipinski definition) is 3. The number of carbonyl (C=O) groups excluding carboxylic acids is 1. The van der Waals surface area contributed by atoms with Crippen LogP contribution in [0.15, 0.2) is 0 Å². The Morgan fingerprint density at radius 1 is 1.40 bits per heavy atom. The summed E-state index contributed by atoms with van der Waals surface area (Å²) in [6.07, 6.45) is 0. The molecule has 0 unspecified atom stereocenters. The first-order chi connectivity index (χ1) is 3.73. The molecule has 56 valence electrons. The Kier molecular flexibility index (Phi) is 13.3. The number of carboxylic acids is 1. The van der Waals surface area contributed by atoms with Crippen molar-refractivity contribution in [2.75, 3.05) is 0 Å². The maximum Gasteiger partial charge on any atom is 1.00 e. The molecule has 0 aromatic carbocycles. The van der Waals surface area contributed by atoms with Crippen molar-refractivity contribution < 1.29 is 55.5 Å². The van der Waals surface area contributed by atoms with Crippen LogP contribution in [0.1, 0.15) is 6.92 Å². The van der Waals surface area contributed by atoms with Gasteiger partial charge in [0, 0.05) is 5.97 Å². The van der Waals surface area contributed by atoms with Crippen LogP contribution < -0.4 is 34.7 Å². The molecule has 8 heteroatoms. The summed E-state index contributed by atoms with van der Waals surface area (Å²) in [5.74, 6) is -1.08. The van der Waals surface area contributed by atoms with Crippen LogP contribution in [0.3, 0.4) is 0 Å². The number of carbonyl (C=O) groups is 1. The fourth-order valence-electron chi connectivity index (χ4n) is 0. The molecule has 0 aliphatic rings. The second kappa shape index (κ2) is 7.81. The van der Waals surface area contributed by atoms with Crippen LogP contribution in [0.25, 0.3) is 0 Å². The summed E-state index contributed by atoms with van der Waals surface area (Å²) < 4.78 is 30.7. The van der Waals surface area contributed by atoms with Gasteiger partial charge in [-0.2, -0.15) is 0 Å². The third kappa shape index (κ3) is 1030. The number of hydrogen-bond acceptors (Lipinski definition) is 3. The van der Waals surface area contributed by atoms with Crippen molar-refractivity contribution in [2.24, 2.45) is 0 Å². The van der Waals surface area contributed by atoms with Gasteiger partial charge in [0.1, 0.15) is 0 Å². The van der Waals surface area contributed by atoms with Crippen LogP contribution in [-0.4, -0.2) is 32.8 Å². The molecule has 0 atom stereocenters. The Hall–Kier alpha value is 0.708. The molecular weight excluding hydrogens is 218 g/mol. The van der Waals surface area contributed by atoms with E-state index < -0.39 is 20.5 Å². The smallest absolute Gasteiger partial charge is 1.00 e. The van der Waals surface area contributed by atoms with Crippen molar-refractivity contribution in [2.45, 2.75) is 6.92 Å². The van der Waals surface area contributed by atoms with E-state index in [0.29, 0.717) is 0 Å². The number of rotatable bonds is 0. The van der Waals surface area contributed by atoms with Gasteiger partial charge in [-0.15, -0.1) is 0 Å². The zero-order chi connectivity index (χ0) is 8.08. The van der Waals surface area contributed by atoms with E-state index in [0.717, 1.165) is 6.92 Å². The van der Waals surface area contributed by atoms with Crippen molar-refractivity contribution in [1.29, 1.82) is 0 Å². The SMILES string of the molecule is CC(=O)[O-].O=[As](O)(O)O.[Na+]. The van der Waals surface area contributed by atoms with Crippen molar-refractivity contribution in [1.82, 2.24) is 0 Å². The maximum atomic E-state index is 8.94. The van der Waals surface area contributed by atoms with Gasteiger partial charge in [-0.3, -0.25) is 0 Å². The second-order valence-electron chi connectivity index (χ2n) is 1.00. The van der Waals surface area contributed by atoms with Gasteiger partial charge in [0.15, 0.2) is 0 Å². The molecule has 0 spiro atoms. The summed E-state index contributed by atoms with van der Waals surface area (Å²) in [6, 6.07) is 0. The van der Waals surface area contributed by atoms with Gasteiger partial charge in [-0.05, 0) is 6.92 Å². The van der Waals surface area contributed by atoms with Gasteiger partial charge in [0.25, 0.3) is 0 Å². The van der Waals surface area contributed by atoms with E-state index in [4.69, 9.17) is 25.9 Å². The normalized spacial score (nSPS) is 8.40. The van der Waals surface area contributed by atoms with Crippen LogP contribution in [-0.2, 0) is 8.53 Å². The van der Waals surface area contributed by atoms with Gasteiger partial charge in [0.05, 0.1) is 0 Å². The molecule has 0 fully saturated rings. The van der Waals surface area contributed by atoms with Gasteiger partial charge < -0.3 is 9.90 Å². The summed E-state index contributed by atoms with van der Waals surface area (Å²) in [5.41, 5.74) is 0. The van der Waals surface area contributed by atoms with Crippen LogP contribution in [0.5, 0.6) is 0 Å². The third-order valence-electron chi connectivity index (χ3n) is 0. The summed E-state index contributed by atoms with van der Waals surface area (Å²) in [7, 11) is 0. The molecule has 0 aliphatic heterocycles. The maximum absolute atomic E-state index is 8.94. The largest absolute Gasteiger partial charge is 1.00 e. The third-order valence-corrected chi connectivity index (χ3v) is 0. The Labute approximate surface area is 82.5 Å². The van der Waals surface area contributed by atoms with Crippen molar-refractivity contribution in [3.8, 4) is 0 Å². The van der Waals surface area contributed by atoms with Crippen LogP contribution in [0.4, 0.5) is 0 Å². The van der Waals surface area contributed by atoms with Gasteiger partial charge in [-0.1, -0.05) is 0 Å². The van der Waals surface area contributed by atoms with E-state index >= 15 is 0 Å². The Bertz CT molecular complexity index is 115. The zero-order valence-electron chi connectivity index (χ0n) is 5.51. The predicted molar refractivity (Wildman–Crippen MR) is 23.8 cm³/mol. The number of aliphatic carboxylic acids is 1. The first-order valence-corrected chi connectivity index (χ1v) is 4.97. The molecule has 0 aromatic rings. The van der Waals surface area contributed by atoms with E-state index in [1.165, 1.54) is 0 Å². The minimum atomic E-state index is -5.12. The van der Waals surface area contributed by atoms with E-state index in [1.54, 1.807) is 0 Å². The van der Waals surface area contributed by atoms with Gasteiger partial charge in [0.2, 0.25) is 0 Å². The van der Waals surface area contributed by atoms with Crippen molar-refractivity contribution in [3.05, 3.63) is 0 Å². The Balaban J connectivity index is -0.0000000910.